The van der Waals surface area contributed by atoms with Crippen molar-refractivity contribution in [1.82, 2.24) is 20.5 Å². The van der Waals surface area contributed by atoms with Crippen LogP contribution in [0.5, 0.6) is 0 Å². The lowest BCUT2D eigenvalue weighted by atomic mass is 9.99. The largest absolute Gasteiger partial charge is 0.378 e. The molecule has 1 atom stereocenters. The third-order valence-electron chi connectivity index (χ3n) is 5.53. The van der Waals surface area contributed by atoms with E-state index in [1.807, 2.05) is 6.07 Å². The van der Waals surface area contributed by atoms with Crippen molar-refractivity contribution in [1.29, 1.82) is 0 Å². The van der Waals surface area contributed by atoms with Crippen LogP contribution in [0.2, 0.25) is 0 Å². The number of nitrogens with zero attached hydrogens (tertiary/aromatic N) is 4. The van der Waals surface area contributed by atoms with E-state index in [9.17, 15) is 14.8 Å². The molecule has 1 aromatic heterocycles. The zero-order chi connectivity index (χ0) is 21.2. The van der Waals surface area contributed by atoms with Gasteiger partial charge in [-0.1, -0.05) is 32.1 Å². The van der Waals surface area contributed by atoms with Crippen LogP contribution in [0.3, 0.4) is 0 Å². The molecule has 2 bridgehead atoms. The first-order valence-electron chi connectivity index (χ1n) is 10.8. The van der Waals surface area contributed by atoms with Gasteiger partial charge in [0.1, 0.15) is 5.82 Å². The number of fused-ring (bicyclic) bond motifs is 2. The van der Waals surface area contributed by atoms with Gasteiger partial charge in [-0.3, -0.25) is 25.6 Å². The molecule has 2 amide bonds. The minimum atomic E-state index is -0.514. The van der Waals surface area contributed by atoms with Gasteiger partial charge in [0.2, 0.25) is 18.3 Å². The fourth-order valence-corrected chi connectivity index (χ4v) is 3.82. The van der Waals surface area contributed by atoms with Gasteiger partial charge in [-0.2, -0.15) is 4.98 Å². The number of hydrogen-bond donors (Lipinski definition) is 3. The van der Waals surface area contributed by atoms with Crippen molar-refractivity contribution in [2.45, 2.75) is 51.4 Å². The predicted octanol–water partition coefficient (Wildman–Crippen LogP) is 1.51. The molecule has 0 aliphatic carbocycles. The molecule has 1 fully saturated rings. The van der Waals surface area contributed by atoms with Gasteiger partial charge in [0.05, 0.1) is 25.7 Å². The maximum atomic E-state index is 12.7. The Morgan fingerprint density at radius 1 is 1.13 bits per heavy atom. The lowest BCUT2D eigenvalue weighted by Crippen LogP contribution is -2.41. The molecule has 3 N–H and O–H groups in total. The van der Waals surface area contributed by atoms with E-state index in [1.54, 1.807) is 0 Å². The summed E-state index contributed by atoms with van der Waals surface area (Å²) in [5.41, 5.74) is 6.44. The van der Waals surface area contributed by atoms with Crippen LogP contribution in [0.15, 0.2) is 6.07 Å². The van der Waals surface area contributed by atoms with E-state index in [4.69, 9.17) is 4.74 Å². The quantitative estimate of drug-likeness (QED) is 0.381. The van der Waals surface area contributed by atoms with E-state index in [0.717, 1.165) is 69.5 Å². The van der Waals surface area contributed by atoms with Gasteiger partial charge in [-0.25, -0.2) is 10.0 Å². The van der Waals surface area contributed by atoms with E-state index in [2.05, 4.69) is 25.7 Å². The summed E-state index contributed by atoms with van der Waals surface area (Å²) in [7, 11) is 0. The zero-order valence-corrected chi connectivity index (χ0v) is 17.4. The summed E-state index contributed by atoms with van der Waals surface area (Å²) in [6.45, 7) is 2.81. The summed E-state index contributed by atoms with van der Waals surface area (Å²) in [5.74, 6) is 0.350. The number of nitrogens with one attached hydrogen (secondary N) is 2. The van der Waals surface area contributed by atoms with Crippen LogP contribution in [0.25, 0.3) is 0 Å². The number of aryl methyl sites for hydroxylation is 1. The van der Waals surface area contributed by atoms with Crippen LogP contribution in [0.4, 0.5) is 11.8 Å². The highest BCUT2D eigenvalue weighted by Crippen LogP contribution is 2.19. The molecule has 3 heterocycles. The molecule has 10 heteroatoms. The zero-order valence-electron chi connectivity index (χ0n) is 17.4. The number of aromatic nitrogens is 2. The molecule has 1 aromatic rings. The Balaban J connectivity index is 1.75. The number of hydrazine groups is 1. The Morgan fingerprint density at radius 3 is 2.63 bits per heavy atom. The summed E-state index contributed by atoms with van der Waals surface area (Å²) in [4.78, 5) is 34.8. The van der Waals surface area contributed by atoms with Crippen molar-refractivity contribution in [3.63, 3.8) is 0 Å². The van der Waals surface area contributed by atoms with Crippen LogP contribution in [-0.4, -0.2) is 65.4 Å². The van der Waals surface area contributed by atoms with E-state index >= 15 is 0 Å². The topological polar surface area (TPSA) is 120 Å². The molecule has 30 heavy (non-hydrogen) atoms. The Morgan fingerprint density at radius 2 is 1.87 bits per heavy atom. The number of carbonyl (C=O) groups excluding carboxylic acids is 2. The van der Waals surface area contributed by atoms with E-state index < -0.39 is 5.92 Å². The molecule has 0 spiro atoms. The average Bonchev–Trinajstić information content (AvgIpc) is 2.78. The lowest BCUT2D eigenvalue weighted by Gasteiger charge is -2.28. The van der Waals surface area contributed by atoms with Gasteiger partial charge in [0.25, 0.3) is 0 Å². The molecule has 166 valence electrons. The van der Waals surface area contributed by atoms with E-state index in [-0.39, 0.29) is 12.5 Å². The second-order valence-electron chi connectivity index (χ2n) is 7.84. The number of ether oxygens (including phenoxy) is 1. The minimum Gasteiger partial charge on any atom is -0.378 e. The molecular weight excluding hydrogens is 388 g/mol. The van der Waals surface area contributed by atoms with Gasteiger partial charge in [-0.15, -0.1) is 0 Å². The lowest BCUT2D eigenvalue weighted by molar-refractivity contribution is -0.154. The second kappa shape index (κ2) is 11.7. The van der Waals surface area contributed by atoms with Crippen LogP contribution in [-0.2, 0) is 20.7 Å². The number of hydroxylamine groups is 2. The highest BCUT2D eigenvalue weighted by molar-refractivity contribution is 5.80. The predicted molar refractivity (Wildman–Crippen MR) is 111 cm³/mol. The van der Waals surface area contributed by atoms with Crippen molar-refractivity contribution < 1.29 is 19.5 Å². The molecule has 0 radical (unpaired) electrons. The fraction of sp³-hybridized carbons (Fsp3) is 0.700. The first-order chi connectivity index (χ1) is 14.7. The number of anilines is 2. The average molecular weight is 421 g/mol. The summed E-state index contributed by atoms with van der Waals surface area (Å²) in [6, 6.07) is 2.02. The first-order valence-corrected chi connectivity index (χ1v) is 10.8. The monoisotopic (exact) mass is 420 g/mol. The molecule has 2 aliphatic rings. The standard InChI is InChI=1S/C20H32N6O4/c27-15-26(29)14-16-7-5-3-1-2-4-6-8-17-13-18(25-9-11-30-12-10-25)22-20(21-17)24-23-19(16)28/h13,15-16,29H,1-12,14H2,(H,23,28)(H,21,22,24)/t16-/m1/s1. The molecular formula is C20H32N6O4. The van der Waals surface area contributed by atoms with E-state index in [1.165, 1.54) is 0 Å². The Labute approximate surface area is 176 Å². The summed E-state index contributed by atoms with van der Waals surface area (Å²) in [5, 5.41) is 10.1. The van der Waals surface area contributed by atoms with Crippen molar-refractivity contribution in [2.75, 3.05) is 43.2 Å². The van der Waals surface area contributed by atoms with Gasteiger partial charge in [-0.05, 0) is 19.3 Å². The van der Waals surface area contributed by atoms with Crippen LogP contribution in [0.1, 0.15) is 50.6 Å². The number of carbonyl (C=O) groups is 2. The molecule has 3 rings (SSSR count). The van der Waals surface area contributed by atoms with Crippen molar-refractivity contribution in [2.24, 2.45) is 5.92 Å². The van der Waals surface area contributed by atoms with E-state index in [0.29, 0.717) is 37.1 Å². The van der Waals surface area contributed by atoms with Crippen molar-refractivity contribution in [3.8, 4) is 0 Å². The molecule has 10 nitrogen and oxygen atoms in total. The smallest absolute Gasteiger partial charge is 0.243 e. The highest BCUT2D eigenvalue weighted by atomic mass is 16.5. The Bertz CT molecular complexity index is 698. The number of amides is 2. The molecule has 0 saturated carbocycles. The molecule has 2 aliphatic heterocycles. The summed E-state index contributed by atoms with van der Waals surface area (Å²) >= 11 is 0. The van der Waals surface area contributed by atoms with Gasteiger partial charge >= 0.3 is 0 Å². The fourth-order valence-electron chi connectivity index (χ4n) is 3.82. The number of hydrogen-bond acceptors (Lipinski definition) is 8. The normalized spacial score (nSPS) is 21.6. The highest BCUT2D eigenvalue weighted by Gasteiger charge is 2.21. The third kappa shape index (κ3) is 6.81. The minimum absolute atomic E-state index is 0.0447. The second-order valence-corrected chi connectivity index (χ2v) is 7.84. The third-order valence-corrected chi connectivity index (χ3v) is 5.53. The molecule has 0 unspecified atom stereocenters. The molecule has 0 aromatic carbocycles. The maximum Gasteiger partial charge on any atom is 0.243 e. The van der Waals surface area contributed by atoms with Gasteiger partial charge in [0, 0.05) is 24.8 Å². The van der Waals surface area contributed by atoms with Crippen molar-refractivity contribution in [3.05, 3.63) is 11.8 Å². The number of morpholine rings is 1. The van der Waals surface area contributed by atoms with Crippen LogP contribution >= 0.6 is 0 Å². The Hall–Kier alpha value is -2.46. The SMILES string of the molecule is O=CN(O)C[C@H]1CCCCCCCCc2cc(N3CCOCC3)nc(n2)NNC1=O. The number of rotatable bonds is 4. The van der Waals surface area contributed by atoms with Crippen molar-refractivity contribution >= 4 is 24.1 Å². The summed E-state index contributed by atoms with van der Waals surface area (Å²) < 4.78 is 5.43. The van der Waals surface area contributed by atoms with Crippen LogP contribution in [0, 0.1) is 5.92 Å². The Kier molecular flexibility index (Phi) is 8.64. The maximum absolute atomic E-state index is 12.7. The summed E-state index contributed by atoms with van der Waals surface area (Å²) in [6.07, 6.45) is 8.12. The van der Waals surface area contributed by atoms with Gasteiger partial charge < -0.3 is 9.64 Å². The molecule has 1 saturated heterocycles. The van der Waals surface area contributed by atoms with Gasteiger partial charge in [0.15, 0.2) is 0 Å². The van der Waals surface area contributed by atoms with Crippen LogP contribution < -0.4 is 15.8 Å². The first kappa shape index (κ1) is 22.2.